The molecule has 0 radical (unpaired) electrons. The van der Waals surface area contributed by atoms with Gasteiger partial charge in [-0.1, -0.05) is 24.3 Å². The van der Waals surface area contributed by atoms with E-state index in [-0.39, 0.29) is 29.0 Å². The van der Waals surface area contributed by atoms with Crippen LogP contribution in [0.5, 0.6) is 11.5 Å². The molecule has 1 saturated heterocycles. The molecule has 4 rings (SSSR count). The summed E-state index contributed by atoms with van der Waals surface area (Å²) in [6.07, 6.45) is -4.87. The molecule has 12 nitrogen and oxygen atoms in total. The smallest absolute Gasteiger partial charge is 0.350 e. The number of rotatable bonds is 8. The number of aliphatic hydroxyl groups excluding tert-OH is 3. The van der Waals surface area contributed by atoms with Crippen LogP contribution in [-0.4, -0.2) is 86.2 Å². The number of ketones is 1. The number of allylic oxidation sites excluding steroid dienone is 1. The summed E-state index contributed by atoms with van der Waals surface area (Å²) >= 11 is 0. The van der Waals surface area contributed by atoms with Crippen molar-refractivity contribution >= 4 is 17.7 Å². The Bertz CT molecular complexity index is 1230. The Balaban J connectivity index is 1.51. The lowest BCUT2D eigenvalue weighted by Crippen LogP contribution is -2.61. The number of ether oxygens (including phenoxy) is 4. The van der Waals surface area contributed by atoms with Crippen LogP contribution in [0.1, 0.15) is 28.8 Å². The Morgan fingerprint density at radius 3 is 2.51 bits per heavy atom. The van der Waals surface area contributed by atoms with Gasteiger partial charge in [-0.25, -0.2) is 9.59 Å². The molecule has 39 heavy (non-hydrogen) atoms. The number of hydrogen-bond acceptors (Lipinski definition) is 12. The minimum absolute atomic E-state index is 0.0343. The van der Waals surface area contributed by atoms with Crippen molar-refractivity contribution in [3.05, 3.63) is 71.8 Å². The number of carbonyl (C=O) groups is 3. The van der Waals surface area contributed by atoms with Gasteiger partial charge >= 0.3 is 11.9 Å². The molecule has 0 spiro atoms. The highest BCUT2D eigenvalue weighted by molar-refractivity contribution is 6.09. The van der Waals surface area contributed by atoms with Gasteiger partial charge in [0.15, 0.2) is 18.0 Å². The highest BCUT2D eigenvalue weighted by atomic mass is 16.7. The molecule has 1 unspecified atom stereocenters. The summed E-state index contributed by atoms with van der Waals surface area (Å²) in [7, 11) is 0. The van der Waals surface area contributed by atoms with E-state index < -0.39 is 67.2 Å². The maximum Gasteiger partial charge on any atom is 0.350 e. The summed E-state index contributed by atoms with van der Waals surface area (Å²) < 4.78 is 21.7. The largest absolute Gasteiger partial charge is 0.508 e. The molecule has 208 valence electrons. The van der Waals surface area contributed by atoms with Crippen LogP contribution in [-0.2, 0) is 30.4 Å². The Morgan fingerprint density at radius 1 is 1.08 bits per heavy atom. The molecular formula is C27H28O12. The van der Waals surface area contributed by atoms with Crippen molar-refractivity contribution in [1.29, 1.82) is 0 Å². The molecule has 2 aromatic rings. The average molecular weight is 545 g/mol. The summed E-state index contributed by atoms with van der Waals surface area (Å²) in [5.74, 6) is -3.06. The summed E-state index contributed by atoms with van der Waals surface area (Å²) in [4.78, 5) is 37.2. The van der Waals surface area contributed by atoms with Gasteiger partial charge in [0.25, 0.3) is 0 Å². The summed E-state index contributed by atoms with van der Waals surface area (Å²) in [5.41, 5.74) is -2.20. The zero-order chi connectivity index (χ0) is 28.2. The van der Waals surface area contributed by atoms with Crippen molar-refractivity contribution in [2.24, 2.45) is 0 Å². The van der Waals surface area contributed by atoms with Crippen LogP contribution in [0.4, 0.5) is 0 Å². The standard InChI is InChI=1S/C27H28O12/c28-13-19-21(31)23(39-24(33)15-6-2-1-3-7-15)22(32)25(38-19)37-18-10-9-17(29)12-16(18)14-36-26(34)27(35)11-5-4-8-20(27)30/h1-3,5-7,9-12,19,21-23,25,28-29,31-32,35H,4,8,13-14H2/t19-,21-,22-,23+,25-,27?/m1/s1. The number of Topliss-reactive ketones (excluding diaryl/α,β-unsaturated/α-hetero) is 1. The minimum atomic E-state index is -2.43. The third-order valence-electron chi connectivity index (χ3n) is 6.35. The van der Waals surface area contributed by atoms with Crippen molar-refractivity contribution in [2.75, 3.05) is 6.61 Å². The molecule has 6 atom stereocenters. The van der Waals surface area contributed by atoms with Crippen LogP contribution < -0.4 is 4.74 Å². The fraction of sp³-hybridized carbons (Fsp3) is 0.370. The van der Waals surface area contributed by atoms with Crippen molar-refractivity contribution in [3.63, 3.8) is 0 Å². The van der Waals surface area contributed by atoms with Crippen LogP contribution in [0.3, 0.4) is 0 Å². The van der Waals surface area contributed by atoms with Crippen molar-refractivity contribution < 1.29 is 58.9 Å². The molecule has 2 aromatic carbocycles. The quantitative estimate of drug-likeness (QED) is 0.172. The first-order valence-electron chi connectivity index (χ1n) is 12.1. The van der Waals surface area contributed by atoms with Gasteiger partial charge in [0.05, 0.1) is 12.2 Å². The first kappa shape index (κ1) is 28.2. The molecule has 5 N–H and O–H groups in total. The van der Waals surface area contributed by atoms with E-state index >= 15 is 0 Å². The molecule has 1 aliphatic carbocycles. The Kier molecular flexibility index (Phi) is 8.63. The number of esters is 2. The Morgan fingerprint density at radius 2 is 1.82 bits per heavy atom. The van der Waals surface area contributed by atoms with Crippen LogP contribution in [0, 0.1) is 0 Å². The lowest BCUT2D eigenvalue weighted by atomic mass is 9.90. The Labute approximate surface area is 222 Å². The Hall–Kier alpha value is -3.81. The van der Waals surface area contributed by atoms with Gasteiger partial charge in [0.1, 0.15) is 30.3 Å². The van der Waals surface area contributed by atoms with E-state index in [0.717, 1.165) is 6.08 Å². The SMILES string of the molecule is O=C(O[C@@H]1[C@@H](O)[C@H](Oc2ccc(O)cc2COC(=O)C2(O)C=CCCC2=O)O[C@H](CO)[C@H]1O)c1ccccc1. The maximum absolute atomic E-state index is 12.6. The highest BCUT2D eigenvalue weighted by Crippen LogP contribution is 2.31. The number of phenols is 1. The molecule has 1 aliphatic heterocycles. The number of phenolic OH excluding ortho intramolecular Hbond substituents is 1. The predicted molar refractivity (Wildman–Crippen MR) is 130 cm³/mol. The fourth-order valence-electron chi connectivity index (χ4n) is 4.16. The van der Waals surface area contributed by atoms with Crippen molar-refractivity contribution in [3.8, 4) is 11.5 Å². The topological polar surface area (TPSA) is 189 Å². The van der Waals surface area contributed by atoms with Crippen molar-refractivity contribution in [2.45, 2.75) is 55.8 Å². The normalized spacial score (nSPS) is 28.5. The zero-order valence-electron chi connectivity index (χ0n) is 20.6. The molecule has 0 aromatic heterocycles. The third kappa shape index (κ3) is 6.10. The van der Waals surface area contributed by atoms with Gasteiger partial charge < -0.3 is 44.5 Å². The number of aliphatic hydroxyl groups is 4. The minimum Gasteiger partial charge on any atom is -0.508 e. The molecular weight excluding hydrogens is 516 g/mol. The molecule has 12 heteroatoms. The lowest BCUT2D eigenvalue weighted by Gasteiger charge is -2.41. The molecule has 1 heterocycles. The molecule has 0 saturated carbocycles. The van der Waals surface area contributed by atoms with Crippen LogP contribution in [0.25, 0.3) is 0 Å². The maximum atomic E-state index is 12.6. The van der Waals surface area contributed by atoms with Gasteiger partial charge in [-0.3, -0.25) is 4.79 Å². The number of aromatic hydroxyl groups is 1. The van der Waals surface area contributed by atoms with E-state index in [1.54, 1.807) is 18.2 Å². The van der Waals surface area contributed by atoms with Crippen molar-refractivity contribution in [1.82, 2.24) is 0 Å². The lowest BCUT2D eigenvalue weighted by molar-refractivity contribution is -0.277. The number of hydrogen-bond donors (Lipinski definition) is 5. The average Bonchev–Trinajstić information content (AvgIpc) is 2.94. The van der Waals surface area contributed by atoms with Gasteiger partial charge in [-0.05, 0) is 42.8 Å². The summed E-state index contributed by atoms with van der Waals surface area (Å²) in [5, 5.41) is 51.5. The van der Waals surface area contributed by atoms with Crippen LogP contribution >= 0.6 is 0 Å². The highest BCUT2D eigenvalue weighted by Gasteiger charge is 2.48. The second kappa shape index (κ2) is 11.9. The fourth-order valence-corrected chi connectivity index (χ4v) is 4.16. The van der Waals surface area contributed by atoms with Gasteiger partial charge in [0, 0.05) is 12.0 Å². The molecule has 2 aliphatic rings. The number of carbonyl (C=O) groups excluding carboxylic acids is 3. The predicted octanol–water partition coefficient (Wildman–Crippen LogP) is 0.129. The third-order valence-corrected chi connectivity index (χ3v) is 6.35. The zero-order valence-corrected chi connectivity index (χ0v) is 20.6. The monoisotopic (exact) mass is 544 g/mol. The van der Waals surface area contributed by atoms with E-state index in [9.17, 15) is 39.9 Å². The van der Waals surface area contributed by atoms with Gasteiger partial charge in [-0.2, -0.15) is 0 Å². The van der Waals surface area contributed by atoms with Crippen LogP contribution in [0.2, 0.25) is 0 Å². The first-order valence-corrected chi connectivity index (χ1v) is 12.1. The van der Waals surface area contributed by atoms with Crippen LogP contribution in [0.15, 0.2) is 60.7 Å². The van der Waals surface area contributed by atoms with E-state index in [1.807, 2.05) is 0 Å². The molecule has 0 bridgehead atoms. The van der Waals surface area contributed by atoms with E-state index in [2.05, 4.69) is 0 Å². The molecule has 0 amide bonds. The number of benzene rings is 2. The van der Waals surface area contributed by atoms with Gasteiger partial charge in [0.2, 0.25) is 11.9 Å². The second-order valence-corrected chi connectivity index (χ2v) is 9.06. The van der Waals surface area contributed by atoms with E-state index in [4.69, 9.17) is 18.9 Å². The van der Waals surface area contributed by atoms with Gasteiger partial charge in [-0.15, -0.1) is 0 Å². The van der Waals surface area contributed by atoms with E-state index in [1.165, 1.54) is 36.4 Å². The molecule has 1 fully saturated rings. The second-order valence-electron chi connectivity index (χ2n) is 9.06. The summed E-state index contributed by atoms with van der Waals surface area (Å²) in [6, 6.07) is 11.6. The summed E-state index contributed by atoms with van der Waals surface area (Å²) in [6.45, 7) is -1.25. The van der Waals surface area contributed by atoms with E-state index in [0.29, 0.717) is 6.42 Å². The first-order chi connectivity index (χ1) is 18.6.